The van der Waals surface area contributed by atoms with Gasteiger partial charge in [0.25, 0.3) is 0 Å². The highest BCUT2D eigenvalue weighted by atomic mass is 16.7. The smallest absolute Gasteiger partial charge is 0.345 e. The Hall–Kier alpha value is -2.30. The molecule has 1 aliphatic rings. The highest BCUT2D eigenvalue weighted by Crippen LogP contribution is 2.38. The van der Waals surface area contributed by atoms with Gasteiger partial charge in [-0.05, 0) is 19.1 Å². The maximum absolute atomic E-state index is 11.8. The predicted octanol–water partition coefficient (Wildman–Crippen LogP) is 2.45. The molecule has 0 N–H and O–H groups in total. The van der Waals surface area contributed by atoms with Crippen molar-refractivity contribution >= 4 is 11.9 Å². The van der Waals surface area contributed by atoms with Gasteiger partial charge >= 0.3 is 11.9 Å². The number of hydrogen-bond acceptors (Lipinski definition) is 5. The fourth-order valence-corrected chi connectivity index (χ4v) is 1.59. The van der Waals surface area contributed by atoms with Crippen LogP contribution in [0.2, 0.25) is 0 Å². The first-order chi connectivity index (χ1) is 8.80. The monoisotopic (exact) mass is 262 g/mol. The molecular weight excluding hydrogens is 248 g/mol. The van der Waals surface area contributed by atoms with E-state index in [-0.39, 0.29) is 22.6 Å². The van der Waals surface area contributed by atoms with Crippen LogP contribution in [-0.4, -0.2) is 17.7 Å². The van der Waals surface area contributed by atoms with Crippen LogP contribution in [0.1, 0.15) is 31.1 Å². The highest BCUT2D eigenvalue weighted by molar-refractivity contribution is 5.96. The van der Waals surface area contributed by atoms with Crippen LogP contribution < -0.4 is 9.47 Å². The number of hydrogen-bond donors (Lipinski definition) is 0. The molecule has 0 saturated carbocycles. The Bertz CT molecular complexity index is 571. The Labute approximate surface area is 110 Å². The van der Waals surface area contributed by atoms with Gasteiger partial charge in [0.1, 0.15) is 5.56 Å². The Balaban J connectivity index is 2.43. The molecule has 0 aromatic heterocycles. The van der Waals surface area contributed by atoms with E-state index in [1.54, 1.807) is 32.0 Å². The van der Waals surface area contributed by atoms with Crippen molar-refractivity contribution in [2.75, 3.05) is 0 Å². The number of carbonyl (C=O) groups excluding carboxylic acids is 2. The third-order valence-electron chi connectivity index (χ3n) is 2.44. The molecule has 1 aliphatic heterocycles. The van der Waals surface area contributed by atoms with Crippen LogP contribution in [0.3, 0.4) is 0 Å². The van der Waals surface area contributed by atoms with Gasteiger partial charge < -0.3 is 14.2 Å². The number of rotatable bonds is 2. The molecule has 19 heavy (non-hydrogen) atoms. The maximum atomic E-state index is 11.8. The van der Waals surface area contributed by atoms with Gasteiger partial charge in [0.05, 0.1) is 0 Å². The van der Waals surface area contributed by atoms with Gasteiger partial charge in [0, 0.05) is 19.4 Å². The van der Waals surface area contributed by atoms with Crippen molar-refractivity contribution in [3.8, 4) is 11.5 Å². The lowest BCUT2D eigenvalue weighted by Gasteiger charge is -2.32. The maximum Gasteiger partial charge on any atom is 0.345 e. The predicted molar refractivity (Wildman–Crippen MR) is 67.0 cm³/mol. The van der Waals surface area contributed by atoms with Crippen molar-refractivity contribution in [1.82, 2.24) is 0 Å². The number of benzene rings is 1. The van der Waals surface area contributed by atoms with Crippen LogP contribution in [0, 0.1) is 0 Å². The normalized spacial score (nSPS) is 15.8. The first-order valence-electron chi connectivity index (χ1n) is 5.73. The van der Waals surface area contributed by atoms with Crippen molar-refractivity contribution < 1.29 is 23.8 Å². The molecule has 2 rings (SSSR count). The summed E-state index contributed by atoms with van der Waals surface area (Å²) in [6.45, 7) is 8.24. The summed E-state index contributed by atoms with van der Waals surface area (Å²) in [5.41, 5.74) is 0.488. The number of cyclic esters (lactones) is 1. The van der Waals surface area contributed by atoms with Crippen LogP contribution in [0.25, 0.3) is 0 Å². The molecule has 0 bridgehead atoms. The Morgan fingerprint density at radius 2 is 2.00 bits per heavy atom. The van der Waals surface area contributed by atoms with E-state index in [4.69, 9.17) is 14.2 Å². The molecule has 0 atom stereocenters. The summed E-state index contributed by atoms with van der Waals surface area (Å²) < 4.78 is 15.8. The van der Waals surface area contributed by atoms with Crippen LogP contribution in [-0.2, 0) is 9.53 Å². The lowest BCUT2D eigenvalue weighted by atomic mass is 10.1. The summed E-state index contributed by atoms with van der Waals surface area (Å²) in [5.74, 6) is -1.81. The summed E-state index contributed by atoms with van der Waals surface area (Å²) in [6, 6.07) is 4.68. The molecule has 0 spiro atoms. The van der Waals surface area contributed by atoms with Gasteiger partial charge in [-0.1, -0.05) is 12.6 Å². The minimum Gasteiger partial charge on any atom is -0.448 e. The minimum atomic E-state index is -1.10. The molecule has 5 heteroatoms. The van der Waals surface area contributed by atoms with Crippen LogP contribution in [0.15, 0.2) is 30.4 Å². The van der Waals surface area contributed by atoms with Gasteiger partial charge in [0.15, 0.2) is 11.5 Å². The molecule has 0 aliphatic carbocycles. The molecule has 0 amide bonds. The van der Waals surface area contributed by atoms with Gasteiger partial charge in [-0.2, -0.15) is 0 Å². The zero-order chi connectivity index (χ0) is 14.2. The average Bonchev–Trinajstić information content (AvgIpc) is 2.28. The Morgan fingerprint density at radius 1 is 1.32 bits per heavy atom. The SMILES string of the molecule is C=C(C)C(=O)Oc1cccc2c1OC(C)(C)OC2=O. The van der Waals surface area contributed by atoms with E-state index < -0.39 is 17.7 Å². The van der Waals surface area contributed by atoms with E-state index in [1.165, 1.54) is 6.92 Å². The second kappa shape index (κ2) is 4.42. The van der Waals surface area contributed by atoms with Crippen molar-refractivity contribution in [2.24, 2.45) is 0 Å². The first kappa shape index (κ1) is 13.1. The van der Waals surface area contributed by atoms with Gasteiger partial charge in [0.2, 0.25) is 5.79 Å². The molecule has 1 aromatic carbocycles. The number of fused-ring (bicyclic) bond motifs is 1. The summed E-state index contributed by atoms with van der Waals surface area (Å²) in [7, 11) is 0. The zero-order valence-corrected chi connectivity index (χ0v) is 11.0. The van der Waals surface area contributed by atoms with Crippen LogP contribution >= 0.6 is 0 Å². The molecule has 1 aromatic rings. The van der Waals surface area contributed by atoms with Gasteiger partial charge in [-0.15, -0.1) is 0 Å². The number of para-hydroxylation sites is 1. The lowest BCUT2D eigenvalue weighted by Crippen LogP contribution is -2.39. The second-order valence-electron chi connectivity index (χ2n) is 4.69. The van der Waals surface area contributed by atoms with E-state index in [9.17, 15) is 9.59 Å². The van der Waals surface area contributed by atoms with E-state index in [0.717, 1.165) is 0 Å². The van der Waals surface area contributed by atoms with Crippen molar-refractivity contribution in [3.05, 3.63) is 35.9 Å². The summed E-state index contributed by atoms with van der Waals surface area (Å²) in [4.78, 5) is 23.4. The minimum absolute atomic E-state index is 0.176. The summed E-state index contributed by atoms with van der Waals surface area (Å²) in [5, 5.41) is 0. The Kier molecular flexibility index (Phi) is 3.06. The second-order valence-corrected chi connectivity index (χ2v) is 4.69. The van der Waals surface area contributed by atoms with E-state index in [1.807, 2.05) is 0 Å². The van der Waals surface area contributed by atoms with Crippen molar-refractivity contribution in [2.45, 2.75) is 26.6 Å². The first-order valence-corrected chi connectivity index (χ1v) is 5.73. The molecular formula is C14H14O5. The standard InChI is InChI=1S/C14H14O5/c1-8(2)12(15)17-10-7-5-6-9-11(10)18-14(3,4)19-13(9)16/h5-7H,1H2,2-4H3. The third kappa shape index (κ3) is 2.59. The summed E-state index contributed by atoms with van der Waals surface area (Å²) in [6.07, 6.45) is 0. The molecule has 5 nitrogen and oxygen atoms in total. The van der Waals surface area contributed by atoms with Crippen LogP contribution in [0.5, 0.6) is 11.5 Å². The number of carbonyl (C=O) groups is 2. The molecule has 1 heterocycles. The van der Waals surface area contributed by atoms with Crippen molar-refractivity contribution in [1.29, 1.82) is 0 Å². The molecule has 0 saturated heterocycles. The fraction of sp³-hybridized carbons (Fsp3) is 0.286. The topological polar surface area (TPSA) is 61.8 Å². The quantitative estimate of drug-likeness (QED) is 0.465. The van der Waals surface area contributed by atoms with E-state index in [0.29, 0.717) is 0 Å². The Morgan fingerprint density at radius 3 is 2.63 bits per heavy atom. The zero-order valence-electron chi connectivity index (χ0n) is 11.0. The third-order valence-corrected chi connectivity index (χ3v) is 2.44. The van der Waals surface area contributed by atoms with Crippen LogP contribution in [0.4, 0.5) is 0 Å². The van der Waals surface area contributed by atoms with E-state index >= 15 is 0 Å². The van der Waals surface area contributed by atoms with Gasteiger partial charge in [-0.25, -0.2) is 9.59 Å². The molecule has 0 radical (unpaired) electrons. The molecule has 0 fully saturated rings. The fourth-order valence-electron chi connectivity index (χ4n) is 1.59. The highest BCUT2D eigenvalue weighted by Gasteiger charge is 2.36. The molecule has 100 valence electrons. The molecule has 0 unspecified atom stereocenters. The van der Waals surface area contributed by atoms with E-state index in [2.05, 4.69) is 6.58 Å². The number of ether oxygens (including phenoxy) is 3. The largest absolute Gasteiger partial charge is 0.448 e. The lowest BCUT2D eigenvalue weighted by molar-refractivity contribution is -0.135. The van der Waals surface area contributed by atoms with Crippen molar-refractivity contribution in [3.63, 3.8) is 0 Å². The average molecular weight is 262 g/mol. The van der Waals surface area contributed by atoms with Gasteiger partial charge in [-0.3, -0.25) is 0 Å². The number of esters is 2. The summed E-state index contributed by atoms with van der Waals surface area (Å²) >= 11 is 0.